The maximum atomic E-state index is 5.45. The van der Waals surface area contributed by atoms with Gasteiger partial charge in [-0.25, -0.2) is 5.84 Å². The zero-order chi connectivity index (χ0) is 14.7. The maximum absolute atomic E-state index is 5.45. The van der Waals surface area contributed by atoms with E-state index in [1.54, 1.807) is 11.3 Å². The molecule has 21 heavy (non-hydrogen) atoms. The Morgan fingerprint density at radius 2 is 1.95 bits per heavy atom. The molecule has 0 bridgehead atoms. The van der Waals surface area contributed by atoms with Crippen molar-refractivity contribution in [1.82, 2.24) is 15.0 Å². The van der Waals surface area contributed by atoms with Crippen molar-refractivity contribution in [1.29, 1.82) is 0 Å². The molecule has 1 fully saturated rings. The van der Waals surface area contributed by atoms with Crippen LogP contribution in [0.25, 0.3) is 0 Å². The summed E-state index contributed by atoms with van der Waals surface area (Å²) < 4.78 is 0. The van der Waals surface area contributed by atoms with Crippen LogP contribution in [-0.2, 0) is 6.54 Å². The molecule has 0 saturated carbocycles. The summed E-state index contributed by atoms with van der Waals surface area (Å²) in [5, 5.41) is 3.24. The van der Waals surface area contributed by atoms with Crippen LogP contribution in [0.4, 0.5) is 17.8 Å². The van der Waals surface area contributed by atoms with Gasteiger partial charge in [0.25, 0.3) is 0 Å². The molecule has 0 radical (unpaired) electrons. The predicted octanol–water partition coefficient (Wildman–Crippen LogP) is 1.74. The molecular weight excluding hydrogens is 286 g/mol. The molecule has 2 aromatic rings. The first-order valence-corrected chi connectivity index (χ1v) is 7.83. The SMILES string of the molecule is Cc1ccc(CNc2nc(NN)nc(N3CCCC3)n2)s1. The summed E-state index contributed by atoms with van der Waals surface area (Å²) in [5.74, 6) is 7.06. The lowest BCUT2D eigenvalue weighted by atomic mass is 10.4. The number of aryl methyl sites for hydroxylation is 1. The molecular formula is C13H19N7S. The average Bonchev–Trinajstić information content (AvgIpc) is 3.16. The number of nitrogens with two attached hydrogens (primary N) is 1. The fourth-order valence-corrected chi connectivity index (χ4v) is 3.14. The van der Waals surface area contributed by atoms with E-state index in [1.807, 2.05) is 0 Å². The van der Waals surface area contributed by atoms with E-state index in [0.717, 1.165) is 13.1 Å². The number of nitrogens with zero attached hydrogens (tertiary/aromatic N) is 4. The monoisotopic (exact) mass is 305 g/mol. The third kappa shape index (κ3) is 3.40. The minimum atomic E-state index is 0.386. The molecule has 7 nitrogen and oxygen atoms in total. The van der Waals surface area contributed by atoms with Crippen LogP contribution in [0.5, 0.6) is 0 Å². The van der Waals surface area contributed by atoms with E-state index in [4.69, 9.17) is 5.84 Å². The topological polar surface area (TPSA) is 92.0 Å². The molecule has 0 aromatic carbocycles. The van der Waals surface area contributed by atoms with Crippen molar-refractivity contribution in [2.24, 2.45) is 5.84 Å². The molecule has 0 aliphatic carbocycles. The van der Waals surface area contributed by atoms with Gasteiger partial charge in [-0.1, -0.05) is 0 Å². The van der Waals surface area contributed by atoms with Gasteiger partial charge in [-0.05, 0) is 31.9 Å². The molecule has 112 valence electrons. The Morgan fingerprint density at radius 1 is 1.19 bits per heavy atom. The highest BCUT2D eigenvalue weighted by atomic mass is 32.1. The molecule has 1 aliphatic heterocycles. The van der Waals surface area contributed by atoms with Crippen LogP contribution in [0.3, 0.4) is 0 Å². The summed E-state index contributed by atoms with van der Waals surface area (Å²) in [6.45, 7) is 4.76. The number of hydrogen-bond acceptors (Lipinski definition) is 8. The first kappa shape index (κ1) is 14.0. The Hall–Kier alpha value is -1.93. The molecule has 4 N–H and O–H groups in total. The van der Waals surface area contributed by atoms with Crippen LogP contribution in [0.2, 0.25) is 0 Å². The number of anilines is 3. The molecule has 0 spiro atoms. The Bertz CT molecular complexity index is 606. The highest BCUT2D eigenvalue weighted by Gasteiger charge is 2.17. The minimum absolute atomic E-state index is 0.386. The number of nitrogens with one attached hydrogen (secondary N) is 2. The zero-order valence-electron chi connectivity index (χ0n) is 12.0. The number of hydrogen-bond donors (Lipinski definition) is 3. The maximum Gasteiger partial charge on any atom is 0.243 e. The van der Waals surface area contributed by atoms with Crippen LogP contribution in [-0.4, -0.2) is 28.0 Å². The van der Waals surface area contributed by atoms with Crippen LogP contribution in [0.15, 0.2) is 12.1 Å². The second kappa shape index (κ2) is 6.23. The van der Waals surface area contributed by atoms with Gasteiger partial charge in [-0.3, -0.25) is 5.43 Å². The lowest BCUT2D eigenvalue weighted by Crippen LogP contribution is -2.23. The lowest BCUT2D eigenvalue weighted by molar-refractivity contribution is 0.876. The molecule has 0 amide bonds. The van der Waals surface area contributed by atoms with Crippen molar-refractivity contribution in [3.05, 3.63) is 21.9 Å². The number of rotatable bonds is 5. The summed E-state index contributed by atoms with van der Waals surface area (Å²) in [6, 6.07) is 4.22. The van der Waals surface area contributed by atoms with E-state index < -0.39 is 0 Å². The van der Waals surface area contributed by atoms with Crippen molar-refractivity contribution < 1.29 is 0 Å². The zero-order valence-corrected chi connectivity index (χ0v) is 12.8. The molecule has 1 aliphatic rings. The second-order valence-electron chi connectivity index (χ2n) is 4.99. The Labute approximate surface area is 127 Å². The number of nitrogen functional groups attached to an aromatic ring is 1. The molecule has 1 saturated heterocycles. The van der Waals surface area contributed by atoms with Crippen molar-refractivity contribution in [3.8, 4) is 0 Å². The number of aromatic nitrogens is 3. The Balaban J connectivity index is 1.75. The highest BCUT2D eigenvalue weighted by Crippen LogP contribution is 2.20. The summed E-state index contributed by atoms with van der Waals surface area (Å²) in [7, 11) is 0. The van der Waals surface area contributed by atoms with Gasteiger partial charge in [0.2, 0.25) is 17.8 Å². The van der Waals surface area contributed by atoms with Crippen molar-refractivity contribution >= 4 is 29.2 Å². The van der Waals surface area contributed by atoms with Crippen LogP contribution in [0, 0.1) is 6.92 Å². The molecule has 0 unspecified atom stereocenters. The first-order chi connectivity index (χ1) is 10.2. The van der Waals surface area contributed by atoms with E-state index in [-0.39, 0.29) is 0 Å². The van der Waals surface area contributed by atoms with E-state index in [9.17, 15) is 0 Å². The lowest BCUT2D eigenvalue weighted by Gasteiger charge is -2.16. The number of thiophene rings is 1. The molecule has 8 heteroatoms. The fraction of sp³-hybridized carbons (Fsp3) is 0.462. The largest absolute Gasteiger partial charge is 0.349 e. The van der Waals surface area contributed by atoms with E-state index in [2.05, 4.69) is 49.7 Å². The third-order valence-corrected chi connectivity index (χ3v) is 4.36. The number of hydrazine groups is 1. The smallest absolute Gasteiger partial charge is 0.243 e. The standard InChI is InChI=1S/C13H19N7S/c1-9-4-5-10(21-9)8-15-11-16-12(19-14)18-13(17-11)20-6-2-3-7-20/h4-5H,2-3,6-8,14H2,1H3,(H2,15,16,17,18,19). The quantitative estimate of drug-likeness (QED) is 0.572. The highest BCUT2D eigenvalue weighted by molar-refractivity contribution is 7.11. The van der Waals surface area contributed by atoms with Crippen LogP contribution >= 0.6 is 11.3 Å². The summed E-state index contributed by atoms with van der Waals surface area (Å²) in [6.07, 6.45) is 2.35. The normalized spacial score (nSPS) is 14.5. The first-order valence-electron chi connectivity index (χ1n) is 7.01. The third-order valence-electron chi connectivity index (χ3n) is 3.36. The molecule has 2 aromatic heterocycles. The van der Waals surface area contributed by atoms with E-state index in [0.29, 0.717) is 24.4 Å². The van der Waals surface area contributed by atoms with Crippen LogP contribution in [0.1, 0.15) is 22.6 Å². The van der Waals surface area contributed by atoms with Crippen molar-refractivity contribution in [2.45, 2.75) is 26.3 Å². The van der Waals surface area contributed by atoms with Gasteiger partial charge in [0.05, 0.1) is 6.54 Å². The Kier molecular flexibility index (Phi) is 4.16. The predicted molar refractivity (Wildman–Crippen MR) is 85.5 cm³/mol. The average molecular weight is 305 g/mol. The fourth-order valence-electron chi connectivity index (χ4n) is 2.31. The van der Waals surface area contributed by atoms with Crippen molar-refractivity contribution in [2.75, 3.05) is 28.7 Å². The van der Waals surface area contributed by atoms with Gasteiger partial charge in [0.1, 0.15) is 0 Å². The van der Waals surface area contributed by atoms with Gasteiger partial charge in [0.15, 0.2) is 0 Å². The molecule has 3 heterocycles. The van der Waals surface area contributed by atoms with Gasteiger partial charge < -0.3 is 10.2 Å². The van der Waals surface area contributed by atoms with Crippen LogP contribution < -0.4 is 21.5 Å². The Morgan fingerprint density at radius 3 is 2.62 bits per heavy atom. The van der Waals surface area contributed by atoms with Gasteiger partial charge in [-0.2, -0.15) is 15.0 Å². The van der Waals surface area contributed by atoms with Crippen molar-refractivity contribution in [3.63, 3.8) is 0 Å². The van der Waals surface area contributed by atoms with Gasteiger partial charge in [0, 0.05) is 22.8 Å². The summed E-state index contributed by atoms with van der Waals surface area (Å²) in [4.78, 5) is 17.8. The van der Waals surface area contributed by atoms with Gasteiger partial charge in [-0.15, -0.1) is 11.3 Å². The van der Waals surface area contributed by atoms with E-state index >= 15 is 0 Å². The second-order valence-corrected chi connectivity index (χ2v) is 6.36. The summed E-state index contributed by atoms with van der Waals surface area (Å²) in [5.41, 5.74) is 2.51. The van der Waals surface area contributed by atoms with Gasteiger partial charge >= 0.3 is 0 Å². The molecule has 3 rings (SSSR count). The summed E-state index contributed by atoms with van der Waals surface area (Å²) >= 11 is 1.76. The molecule has 0 atom stereocenters. The minimum Gasteiger partial charge on any atom is -0.349 e. The van der Waals surface area contributed by atoms with E-state index in [1.165, 1.54) is 22.6 Å².